The van der Waals surface area contributed by atoms with Crippen LogP contribution in [0.25, 0.3) is 11.0 Å². The zero-order chi connectivity index (χ0) is 17.8. The van der Waals surface area contributed by atoms with E-state index in [-0.39, 0.29) is 12.0 Å². The smallest absolute Gasteiger partial charge is 0.142 e. The van der Waals surface area contributed by atoms with Gasteiger partial charge in [-0.15, -0.1) is 0 Å². The average Bonchev–Trinajstić information content (AvgIpc) is 3.18. The molecule has 136 valence electrons. The molecule has 1 aliphatic heterocycles. The summed E-state index contributed by atoms with van der Waals surface area (Å²) in [6, 6.07) is 11.8. The van der Waals surface area contributed by atoms with Crippen LogP contribution in [0.3, 0.4) is 0 Å². The van der Waals surface area contributed by atoms with E-state index in [0.717, 1.165) is 55.0 Å². The molecule has 0 bridgehead atoms. The summed E-state index contributed by atoms with van der Waals surface area (Å²) in [6.45, 7) is 2.47. The van der Waals surface area contributed by atoms with E-state index in [9.17, 15) is 5.11 Å². The molecule has 4 rings (SSSR count). The van der Waals surface area contributed by atoms with Gasteiger partial charge in [0, 0.05) is 24.7 Å². The number of piperidine rings is 1. The first kappa shape index (κ1) is 16.8. The average molecular weight is 352 g/mol. The van der Waals surface area contributed by atoms with Gasteiger partial charge < -0.3 is 19.7 Å². The molecular formula is C20H24N4O2. The van der Waals surface area contributed by atoms with Gasteiger partial charge >= 0.3 is 0 Å². The number of aliphatic hydroxyl groups excluding tert-OH is 1. The van der Waals surface area contributed by atoms with E-state index < -0.39 is 0 Å². The van der Waals surface area contributed by atoms with Crippen LogP contribution in [0.15, 0.2) is 48.9 Å². The monoisotopic (exact) mass is 352 g/mol. The highest BCUT2D eigenvalue weighted by atomic mass is 16.5. The molecule has 2 aromatic heterocycles. The standard InChI is InChI=1S/C20H24N4O2/c25-14-20(9-12-26-16-5-2-1-3-6-16)8-4-11-24(13-20)19-17-7-10-21-18(17)22-15-23-19/h1-3,5-7,10,15,25H,4,8-9,11-14H2,(H,21,22,23)/t20-/m0/s1. The fraction of sp³-hybridized carbons (Fsp3) is 0.400. The van der Waals surface area contributed by atoms with Crippen molar-refractivity contribution in [2.75, 3.05) is 31.2 Å². The van der Waals surface area contributed by atoms with Gasteiger partial charge in [0.2, 0.25) is 0 Å². The van der Waals surface area contributed by atoms with E-state index in [1.807, 2.05) is 42.6 Å². The number of aromatic amines is 1. The molecule has 1 atom stereocenters. The summed E-state index contributed by atoms with van der Waals surface area (Å²) in [7, 11) is 0. The number of nitrogens with zero attached hydrogens (tertiary/aromatic N) is 3. The number of hydrogen-bond donors (Lipinski definition) is 2. The van der Waals surface area contributed by atoms with Crippen LogP contribution in [0.4, 0.5) is 5.82 Å². The minimum absolute atomic E-state index is 0.156. The largest absolute Gasteiger partial charge is 0.494 e. The van der Waals surface area contributed by atoms with Gasteiger partial charge in [-0.05, 0) is 37.5 Å². The third-order valence-electron chi connectivity index (χ3n) is 5.27. The van der Waals surface area contributed by atoms with Crippen LogP contribution < -0.4 is 9.64 Å². The first-order valence-corrected chi connectivity index (χ1v) is 9.11. The molecule has 0 saturated carbocycles. The molecule has 0 aliphatic carbocycles. The summed E-state index contributed by atoms with van der Waals surface area (Å²) in [5.41, 5.74) is 0.684. The number of H-pyrrole nitrogens is 1. The topological polar surface area (TPSA) is 74.3 Å². The first-order chi connectivity index (χ1) is 12.8. The predicted octanol–water partition coefficient (Wildman–Crippen LogP) is 3.01. The number of benzene rings is 1. The number of ether oxygens (including phenoxy) is 1. The third kappa shape index (κ3) is 3.37. The van der Waals surface area contributed by atoms with E-state index >= 15 is 0 Å². The van der Waals surface area contributed by atoms with Crippen molar-refractivity contribution in [2.24, 2.45) is 5.41 Å². The number of nitrogens with one attached hydrogen (secondary N) is 1. The Balaban J connectivity index is 1.47. The number of fused-ring (bicyclic) bond motifs is 1. The first-order valence-electron chi connectivity index (χ1n) is 9.11. The Morgan fingerprint density at radius 1 is 1.19 bits per heavy atom. The number of anilines is 1. The van der Waals surface area contributed by atoms with Gasteiger partial charge in [0.05, 0.1) is 18.6 Å². The molecule has 0 radical (unpaired) electrons. The predicted molar refractivity (Wildman–Crippen MR) is 101 cm³/mol. The zero-order valence-corrected chi connectivity index (χ0v) is 14.8. The van der Waals surface area contributed by atoms with Crippen molar-refractivity contribution >= 4 is 16.9 Å². The molecule has 1 fully saturated rings. The molecule has 0 spiro atoms. The van der Waals surface area contributed by atoms with Gasteiger partial charge in [-0.2, -0.15) is 0 Å². The SMILES string of the molecule is OC[C@]1(CCOc2ccccc2)CCCN(c2ncnc3[nH]ccc23)C1. The highest BCUT2D eigenvalue weighted by Gasteiger charge is 2.36. The van der Waals surface area contributed by atoms with Crippen molar-refractivity contribution in [2.45, 2.75) is 19.3 Å². The molecular weight excluding hydrogens is 328 g/mol. The van der Waals surface area contributed by atoms with Crippen LogP contribution in [0.2, 0.25) is 0 Å². The lowest BCUT2D eigenvalue weighted by molar-refractivity contribution is 0.0793. The maximum Gasteiger partial charge on any atom is 0.142 e. The van der Waals surface area contributed by atoms with Crippen molar-refractivity contribution in [1.82, 2.24) is 15.0 Å². The number of aromatic nitrogens is 3. The summed E-state index contributed by atoms with van der Waals surface area (Å²) in [5, 5.41) is 11.2. The second kappa shape index (κ2) is 7.33. The van der Waals surface area contributed by atoms with Gasteiger partial charge in [-0.1, -0.05) is 18.2 Å². The number of aliphatic hydroxyl groups is 1. The van der Waals surface area contributed by atoms with Crippen LogP contribution in [-0.4, -0.2) is 46.4 Å². The summed E-state index contributed by atoms with van der Waals surface area (Å²) in [6.07, 6.45) is 6.33. The van der Waals surface area contributed by atoms with Crippen LogP contribution >= 0.6 is 0 Å². The number of hydrogen-bond acceptors (Lipinski definition) is 5. The highest BCUT2D eigenvalue weighted by molar-refractivity contribution is 5.87. The van der Waals surface area contributed by atoms with Gasteiger partial charge in [-0.25, -0.2) is 9.97 Å². The van der Waals surface area contributed by atoms with Gasteiger partial charge in [-0.3, -0.25) is 0 Å². The molecule has 0 amide bonds. The van der Waals surface area contributed by atoms with Gasteiger partial charge in [0.1, 0.15) is 23.5 Å². The normalized spacial score (nSPS) is 20.4. The molecule has 3 heterocycles. The second-order valence-electron chi connectivity index (χ2n) is 7.03. The third-order valence-corrected chi connectivity index (χ3v) is 5.27. The van der Waals surface area contributed by atoms with Crippen molar-refractivity contribution in [3.05, 3.63) is 48.9 Å². The quantitative estimate of drug-likeness (QED) is 0.713. The zero-order valence-electron chi connectivity index (χ0n) is 14.8. The van der Waals surface area contributed by atoms with Crippen molar-refractivity contribution in [1.29, 1.82) is 0 Å². The van der Waals surface area contributed by atoms with Crippen LogP contribution in [0.1, 0.15) is 19.3 Å². The van der Waals surface area contributed by atoms with E-state index in [4.69, 9.17) is 4.74 Å². The molecule has 2 N–H and O–H groups in total. The van der Waals surface area contributed by atoms with Crippen LogP contribution in [-0.2, 0) is 0 Å². The van der Waals surface area contributed by atoms with Crippen LogP contribution in [0, 0.1) is 5.41 Å². The Morgan fingerprint density at radius 3 is 2.92 bits per heavy atom. The van der Waals surface area contributed by atoms with Crippen molar-refractivity contribution in [3.8, 4) is 5.75 Å². The Morgan fingerprint density at radius 2 is 2.08 bits per heavy atom. The van der Waals surface area contributed by atoms with Gasteiger partial charge in [0.15, 0.2) is 0 Å². The fourth-order valence-corrected chi connectivity index (χ4v) is 3.81. The van der Waals surface area contributed by atoms with Gasteiger partial charge in [0.25, 0.3) is 0 Å². The molecule has 1 saturated heterocycles. The summed E-state index contributed by atoms with van der Waals surface area (Å²) >= 11 is 0. The summed E-state index contributed by atoms with van der Waals surface area (Å²) in [4.78, 5) is 14.2. The number of rotatable bonds is 6. The Bertz CT molecular complexity index is 851. The molecule has 26 heavy (non-hydrogen) atoms. The van der Waals surface area contributed by atoms with E-state index in [2.05, 4.69) is 19.9 Å². The van der Waals surface area contributed by atoms with E-state index in [0.29, 0.717) is 6.61 Å². The summed E-state index contributed by atoms with van der Waals surface area (Å²) in [5.74, 6) is 1.82. The Hall–Kier alpha value is -2.60. The van der Waals surface area contributed by atoms with E-state index in [1.54, 1.807) is 6.33 Å². The molecule has 1 aromatic carbocycles. The fourth-order valence-electron chi connectivity index (χ4n) is 3.81. The molecule has 0 unspecified atom stereocenters. The minimum atomic E-state index is -0.166. The Kier molecular flexibility index (Phi) is 4.75. The van der Waals surface area contributed by atoms with Crippen LogP contribution in [0.5, 0.6) is 5.75 Å². The molecule has 3 aromatic rings. The lowest BCUT2D eigenvalue weighted by Gasteiger charge is -2.42. The molecule has 1 aliphatic rings. The highest BCUT2D eigenvalue weighted by Crippen LogP contribution is 2.36. The maximum absolute atomic E-state index is 10.2. The molecule has 6 heteroatoms. The van der Waals surface area contributed by atoms with E-state index in [1.165, 1.54) is 0 Å². The maximum atomic E-state index is 10.2. The lowest BCUT2D eigenvalue weighted by atomic mass is 9.78. The van der Waals surface area contributed by atoms with Crippen molar-refractivity contribution in [3.63, 3.8) is 0 Å². The van der Waals surface area contributed by atoms with Crippen molar-refractivity contribution < 1.29 is 9.84 Å². The Labute approximate surface area is 152 Å². The minimum Gasteiger partial charge on any atom is -0.494 e. The summed E-state index contributed by atoms with van der Waals surface area (Å²) < 4.78 is 5.87. The second-order valence-corrected chi connectivity index (χ2v) is 7.03. The number of para-hydroxylation sites is 1. The molecule has 6 nitrogen and oxygen atoms in total. The lowest BCUT2D eigenvalue weighted by Crippen LogP contribution is -2.46.